The van der Waals surface area contributed by atoms with Crippen molar-refractivity contribution in [2.45, 2.75) is 19.9 Å². The minimum Gasteiger partial charge on any atom is -0.383 e. The summed E-state index contributed by atoms with van der Waals surface area (Å²) in [6.07, 6.45) is 6.73. The lowest BCUT2D eigenvalue weighted by molar-refractivity contribution is 0.0940. The van der Waals surface area contributed by atoms with Gasteiger partial charge in [-0.25, -0.2) is 9.97 Å². The topological polar surface area (TPSA) is 134 Å². The fraction of sp³-hybridized carbons (Fsp3) is 0.125. The number of carbonyl (C=O) groups is 1. The zero-order valence-corrected chi connectivity index (χ0v) is 23.2. The highest BCUT2D eigenvalue weighted by atomic mass is 16.2. The van der Waals surface area contributed by atoms with Gasteiger partial charge in [-0.3, -0.25) is 23.8 Å². The summed E-state index contributed by atoms with van der Waals surface area (Å²) < 4.78 is 3.17. The third kappa shape index (κ3) is 4.84. The van der Waals surface area contributed by atoms with Crippen molar-refractivity contribution < 1.29 is 4.79 Å². The number of para-hydroxylation sites is 1. The van der Waals surface area contributed by atoms with Gasteiger partial charge in [0.25, 0.3) is 11.5 Å². The van der Waals surface area contributed by atoms with Crippen LogP contribution >= 0.6 is 0 Å². The average Bonchev–Trinajstić information content (AvgIpc) is 3.41. The first kappa shape index (κ1) is 26.4. The maximum atomic E-state index is 14.2. The van der Waals surface area contributed by atoms with Crippen LogP contribution in [0.5, 0.6) is 0 Å². The number of fused-ring (bicyclic) bond motifs is 2. The van der Waals surface area contributed by atoms with E-state index in [2.05, 4.69) is 32.2 Å². The molecule has 0 aliphatic heterocycles. The highest BCUT2D eigenvalue weighted by molar-refractivity contribution is 6.09. The van der Waals surface area contributed by atoms with Gasteiger partial charge in [0.2, 0.25) is 0 Å². The molecule has 0 saturated carbocycles. The summed E-state index contributed by atoms with van der Waals surface area (Å²) in [6, 6.07) is 15.7. The molecule has 1 amide bonds. The van der Waals surface area contributed by atoms with Gasteiger partial charge in [0, 0.05) is 36.6 Å². The second-order valence-corrected chi connectivity index (χ2v) is 9.96. The number of nitrogens with one attached hydrogen (secondary N) is 1. The average molecular weight is 555 g/mol. The van der Waals surface area contributed by atoms with Crippen LogP contribution in [-0.4, -0.2) is 35.2 Å². The van der Waals surface area contributed by atoms with Crippen LogP contribution in [0.25, 0.3) is 27.5 Å². The van der Waals surface area contributed by atoms with Gasteiger partial charge >= 0.3 is 0 Å². The largest absolute Gasteiger partial charge is 0.383 e. The summed E-state index contributed by atoms with van der Waals surface area (Å²) in [4.78, 5) is 41.3. The number of aromatic nitrogens is 6. The molecule has 206 valence electrons. The molecule has 0 fully saturated rings. The van der Waals surface area contributed by atoms with Gasteiger partial charge in [-0.15, -0.1) is 0 Å². The number of rotatable bonds is 4. The SMILES string of the molecule is Cc1cnc2c(C(=O)N[C@@H](C)c3nc4cccc(C#Cc5cnn(C)c5)c4c(=O)n3-c3ccccc3)c(N)ncc2c1. The van der Waals surface area contributed by atoms with E-state index in [0.29, 0.717) is 38.9 Å². The lowest BCUT2D eigenvalue weighted by Crippen LogP contribution is -2.34. The zero-order valence-electron chi connectivity index (χ0n) is 23.2. The van der Waals surface area contributed by atoms with Crippen molar-refractivity contribution in [1.82, 2.24) is 34.6 Å². The second kappa shape index (κ2) is 10.6. The molecule has 0 bridgehead atoms. The molecule has 3 N–H and O–H groups in total. The van der Waals surface area contributed by atoms with E-state index < -0.39 is 11.9 Å². The summed E-state index contributed by atoms with van der Waals surface area (Å²) in [7, 11) is 1.82. The Morgan fingerprint density at radius 1 is 1.02 bits per heavy atom. The Labute approximate surface area is 240 Å². The molecule has 0 radical (unpaired) electrons. The molecule has 2 aromatic carbocycles. The molecule has 4 aromatic heterocycles. The Morgan fingerprint density at radius 2 is 1.83 bits per heavy atom. The normalized spacial score (nSPS) is 11.7. The lowest BCUT2D eigenvalue weighted by Gasteiger charge is -2.20. The maximum absolute atomic E-state index is 14.2. The number of aryl methyl sites for hydroxylation is 2. The standard InChI is InChI=1S/C32H26N8O2/c1-19-14-23-17-35-29(33)27(28(23)34-15-19)31(41)37-20(2)30-38-25-11-7-8-22(13-12-21-16-36-39(3)18-21)26(25)32(42)40(30)24-9-5-4-6-10-24/h4-11,14-18,20H,1-3H3,(H2,33,35)(H,37,41)/t20-/m0/s1. The Morgan fingerprint density at radius 3 is 2.60 bits per heavy atom. The number of nitrogen functional groups attached to an aromatic ring is 1. The summed E-state index contributed by atoms with van der Waals surface area (Å²) >= 11 is 0. The Balaban J connectivity index is 1.48. The highest BCUT2D eigenvalue weighted by Crippen LogP contribution is 2.24. The van der Waals surface area contributed by atoms with E-state index in [1.54, 1.807) is 54.6 Å². The monoisotopic (exact) mass is 554 g/mol. The van der Waals surface area contributed by atoms with Gasteiger partial charge in [-0.2, -0.15) is 5.10 Å². The third-order valence-electron chi connectivity index (χ3n) is 6.84. The number of nitrogens with two attached hydrogens (primary N) is 1. The fourth-order valence-corrected chi connectivity index (χ4v) is 4.88. The minimum absolute atomic E-state index is 0.0623. The maximum Gasteiger partial charge on any atom is 0.267 e. The van der Waals surface area contributed by atoms with Crippen LogP contribution in [0.1, 0.15) is 45.8 Å². The highest BCUT2D eigenvalue weighted by Gasteiger charge is 2.24. The lowest BCUT2D eigenvalue weighted by atomic mass is 10.1. The number of anilines is 1. The van der Waals surface area contributed by atoms with E-state index in [1.807, 2.05) is 50.4 Å². The smallest absolute Gasteiger partial charge is 0.267 e. The Bertz CT molecular complexity index is 2120. The molecule has 0 unspecified atom stereocenters. The number of hydrogen-bond acceptors (Lipinski definition) is 7. The number of benzene rings is 2. The molecule has 6 aromatic rings. The third-order valence-corrected chi connectivity index (χ3v) is 6.84. The van der Waals surface area contributed by atoms with Crippen LogP contribution in [0.3, 0.4) is 0 Å². The van der Waals surface area contributed by atoms with Crippen molar-refractivity contribution in [2.24, 2.45) is 7.05 Å². The molecule has 1 atom stereocenters. The van der Waals surface area contributed by atoms with E-state index in [0.717, 1.165) is 11.1 Å². The molecule has 0 saturated heterocycles. The number of pyridine rings is 2. The molecule has 10 heteroatoms. The quantitative estimate of drug-likeness (QED) is 0.316. The molecular weight excluding hydrogens is 528 g/mol. The van der Waals surface area contributed by atoms with Crippen molar-refractivity contribution in [2.75, 3.05) is 5.73 Å². The van der Waals surface area contributed by atoms with Crippen molar-refractivity contribution >= 4 is 33.5 Å². The molecule has 0 aliphatic carbocycles. The summed E-state index contributed by atoms with van der Waals surface area (Å²) in [5, 5.41) is 8.20. The first-order chi connectivity index (χ1) is 20.3. The number of carbonyl (C=O) groups excluding carboxylic acids is 1. The van der Waals surface area contributed by atoms with Crippen LogP contribution in [0.2, 0.25) is 0 Å². The first-order valence-corrected chi connectivity index (χ1v) is 13.2. The van der Waals surface area contributed by atoms with E-state index >= 15 is 0 Å². The summed E-state index contributed by atoms with van der Waals surface area (Å²) in [5.41, 5.74) is 9.73. The van der Waals surface area contributed by atoms with E-state index in [9.17, 15) is 9.59 Å². The van der Waals surface area contributed by atoms with Gasteiger partial charge in [-0.05, 0) is 49.7 Å². The van der Waals surface area contributed by atoms with Gasteiger partial charge in [0.1, 0.15) is 17.2 Å². The van der Waals surface area contributed by atoms with Crippen LogP contribution in [0.4, 0.5) is 5.82 Å². The van der Waals surface area contributed by atoms with Gasteiger partial charge in [-0.1, -0.05) is 36.1 Å². The van der Waals surface area contributed by atoms with Crippen molar-refractivity contribution in [3.8, 4) is 17.5 Å². The molecule has 42 heavy (non-hydrogen) atoms. The predicted molar refractivity (Wildman–Crippen MR) is 161 cm³/mol. The fourth-order valence-electron chi connectivity index (χ4n) is 4.88. The van der Waals surface area contributed by atoms with E-state index in [4.69, 9.17) is 10.7 Å². The van der Waals surface area contributed by atoms with Gasteiger partial charge in [0.05, 0.1) is 39.9 Å². The Kier molecular flexibility index (Phi) is 6.68. The summed E-state index contributed by atoms with van der Waals surface area (Å²) in [6.45, 7) is 3.68. The van der Waals surface area contributed by atoms with E-state index in [-0.39, 0.29) is 16.9 Å². The van der Waals surface area contributed by atoms with Crippen LogP contribution in [0.15, 0.2) is 84.2 Å². The number of hydrogen-bond donors (Lipinski definition) is 2. The molecule has 0 aliphatic rings. The van der Waals surface area contributed by atoms with Gasteiger partial charge in [0.15, 0.2) is 0 Å². The van der Waals surface area contributed by atoms with Crippen LogP contribution in [0, 0.1) is 18.8 Å². The summed E-state index contributed by atoms with van der Waals surface area (Å²) in [5.74, 6) is 6.12. The molecule has 6 rings (SSSR count). The molecule has 4 heterocycles. The van der Waals surface area contributed by atoms with Crippen molar-refractivity contribution in [3.05, 3.63) is 118 Å². The minimum atomic E-state index is -0.694. The van der Waals surface area contributed by atoms with E-state index in [1.165, 1.54) is 4.57 Å². The molecule has 0 spiro atoms. The van der Waals surface area contributed by atoms with Gasteiger partial charge < -0.3 is 11.1 Å². The molecular formula is C32H26N8O2. The number of nitrogens with zero attached hydrogens (tertiary/aromatic N) is 6. The van der Waals surface area contributed by atoms with Crippen molar-refractivity contribution in [1.29, 1.82) is 0 Å². The zero-order chi connectivity index (χ0) is 29.4. The van der Waals surface area contributed by atoms with Crippen LogP contribution < -0.4 is 16.6 Å². The first-order valence-electron chi connectivity index (χ1n) is 13.2. The van der Waals surface area contributed by atoms with Crippen LogP contribution in [-0.2, 0) is 7.05 Å². The predicted octanol–water partition coefficient (Wildman–Crippen LogP) is 3.84. The number of amides is 1. The molecule has 10 nitrogen and oxygen atoms in total. The second-order valence-electron chi connectivity index (χ2n) is 9.96. The van der Waals surface area contributed by atoms with Crippen molar-refractivity contribution in [3.63, 3.8) is 0 Å². The Hall–Kier alpha value is -5.82.